The molecule has 4 heteroatoms. The van der Waals surface area contributed by atoms with Crippen molar-refractivity contribution in [3.05, 3.63) is 60.9 Å². The van der Waals surface area contributed by atoms with Crippen LogP contribution in [0.25, 0.3) is 11.0 Å². The summed E-state index contributed by atoms with van der Waals surface area (Å²) >= 11 is 0. The van der Waals surface area contributed by atoms with Crippen molar-refractivity contribution < 1.29 is 10.6 Å². The fourth-order valence-corrected chi connectivity index (χ4v) is 1.31. The summed E-state index contributed by atoms with van der Waals surface area (Å²) in [5, 5.41) is 8.63. The summed E-state index contributed by atoms with van der Waals surface area (Å²) < 4.78 is 0. The maximum atomic E-state index is 8.63. The highest BCUT2D eigenvalue weighted by molar-refractivity contribution is 5.73. The number of hydrogen-bond donors (Lipinski definition) is 2. The Labute approximate surface area is 98.9 Å². The minimum absolute atomic E-state index is 0. The van der Waals surface area contributed by atoms with Gasteiger partial charge in [0.05, 0.1) is 17.4 Å². The number of H-pyrrole nitrogens is 1. The quantitative estimate of drug-likeness (QED) is 0.620. The predicted octanol–water partition coefficient (Wildman–Crippen LogP) is 2.13. The highest BCUT2D eigenvalue weighted by Crippen LogP contribution is 2.05. The van der Waals surface area contributed by atoms with Gasteiger partial charge in [0.2, 0.25) is 0 Å². The van der Waals surface area contributed by atoms with Gasteiger partial charge in [-0.2, -0.15) is 0 Å². The number of phenolic OH excluding ortho intramolecular Hbond substituents is 1. The van der Waals surface area contributed by atoms with Crippen molar-refractivity contribution in [1.29, 1.82) is 0 Å². The molecular formula is C13H14N2O2. The molecule has 1 heterocycles. The minimum atomic E-state index is 0. The van der Waals surface area contributed by atoms with E-state index in [1.165, 1.54) is 0 Å². The molecule has 0 saturated carbocycles. The molecule has 4 N–H and O–H groups in total. The monoisotopic (exact) mass is 230 g/mol. The lowest BCUT2D eigenvalue weighted by atomic mass is 10.3. The zero-order valence-corrected chi connectivity index (χ0v) is 9.17. The van der Waals surface area contributed by atoms with Gasteiger partial charge in [-0.3, -0.25) is 0 Å². The van der Waals surface area contributed by atoms with Crippen LogP contribution in [0.4, 0.5) is 0 Å². The Morgan fingerprint density at radius 2 is 1.53 bits per heavy atom. The van der Waals surface area contributed by atoms with E-state index in [9.17, 15) is 0 Å². The van der Waals surface area contributed by atoms with Crippen molar-refractivity contribution in [1.82, 2.24) is 9.97 Å². The van der Waals surface area contributed by atoms with E-state index in [0.717, 1.165) is 11.0 Å². The normalized spacial score (nSPS) is 8.94. The number of rotatable bonds is 0. The minimum Gasteiger partial charge on any atom is -0.508 e. The van der Waals surface area contributed by atoms with E-state index >= 15 is 0 Å². The summed E-state index contributed by atoms with van der Waals surface area (Å²) in [7, 11) is 0. The molecule has 3 rings (SSSR count). The van der Waals surface area contributed by atoms with Gasteiger partial charge in [-0.1, -0.05) is 30.3 Å². The molecule has 0 unspecified atom stereocenters. The van der Waals surface area contributed by atoms with E-state index in [-0.39, 0.29) is 5.48 Å². The van der Waals surface area contributed by atoms with Gasteiger partial charge in [0.25, 0.3) is 0 Å². The fraction of sp³-hybridized carbons (Fsp3) is 0. The topological polar surface area (TPSA) is 80.4 Å². The first-order chi connectivity index (χ1) is 7.86. The van der Waals surface area contributed by atoms with E-state index < -0.39 is 0 Å². The van der Waals surface area contributed by atoms with Crippen molar-refractivity contribution in [2.45, 2.75) is 0 Å². The van der Waals surface area contributed by atoms with E-state index in [0.29, 0.717) is 5.75 Å². The molecule has 2 aromatic carbocycles. The molecule has 0 bridgehead atoms. The van der Waals surface area contributed by atoms with Crippen LogP contribution in [0.5, 0.6) is 5.75 Å². The van der Waals surface area contributed by atoms with Gasteiger partial charge in [-0.15, -0.1) is 0 Å². The van der Waals surface area contributed by atoms with Gasteiger partial charge in [0.1, 0.15) is 5.75 Å². The molecule has 0 amide bonds. The molecule has 1 aromatic heterocycles. The first-order valence-corrected chi connectivity index (χ1v) is 4.98. The van der Waals surface area contributed by atoms with Crippen LogP contribution < -0.4 is 0 Å². The van der Waals surface area contributed by atoms with Crippen LogP contribution in [0.15, 0.2) is 60.9 Å². The number of nitrogens with one attached hydrogen (secondary N) is 1. The van der Waals surface area contributed by atoms with Crippen molar-refractivity contribution in [3.63, 3.8) is 0 Å². The van der Waals surface area contributed by atoms with Gasteiger partial charge in [0, 0.05) is 0 Å². The third kappa shape index (κ3) is 3.62. The zero-order chi connectivity index (χ0) is 11.2. The number of phenols is 1. The molecule has 4 nitrogen and oxygen atoms in total. The Balaban J connectivity index is 0.000000166. The average molecular weight is 230 g/mol. The largest absolute Gasteiger partial charge is 0.508 e. The summed E-state index contributed by atoms with van der Waals surface area (Å²) in [6.45, 7) is 0. The van der Waals surface area contributed by atoms with Gasteiger partial charge in [0.15, 0.2) is 0 Å². The maximum absolute atomic E-state index is 8.63. The number of aromatic hydroxyl groups is 1. The molecular weight excluding hydrogens is 216 g/mol. The zero-order valence-electron chi connectivity index (χ0n) is 9.17. The van der Waals surface area contributed by atoms with Crippen LogP contribution in [-0.2, 0) is 0 Å². The highest BCUT2D eigenvalue weighted by atomic mass is 16.3. The molecule has 88 valence electrons. The molecule has 0 aliphatic heterocycles. The Bertz CT molecular complexity index is 519. The molecule has 0 radical (unpaired) electrons. The van der Waals surface area contributed by atoms with Gasteiger partial charge in [-0.05, 0) is 24.3 Å². The maximum Gasteiger partial charge on any atom is 0.115 e. The lowest BCUT2D eigenvalue weighted by Crippen LogP contribution is -1.63. The third-order valence-corrected chi connectivity index (χ3v) is 2.08. The molecule has 0 fully saturated rings. The van der Waals surface area contributed by atoms with E-state index in [2.05, 4.69) is 9.97 Å². The summed E-state index contributed by atoms with van der Waals surface area (Å²) in [6, 6.07) is 16.7. The van der Waals surface area contributed by atoms with Crippen LogP contribution in [0.3, 0.4) is 0 Å². The number of aromatic amines is 1. The van der Waals surface area contributed by atoms with Gasteiger partial charge in [-0.25, -0.2) is 4.98 Å². The molecule has 0 aliphatic rings. The lowest BCUT2D eigenvalue weighted by molar-refractivity contribution is 0.475. The van der Waals surface area contributed by atoms with Gasteiger partial charge >= 0.3 is 0 Å². The summed E-state index contributed by atoms with van der Waals surface area (Å²) in [6.07, 6.45) is 1.70. The van der Waals surface area contributed by atoms with Crippen LogP contribution in [0, 0.1) is 0 Å². The second kappa shape index (κ2) is 6.30. The Morgan fingerprint density at radius 3 is 2.12 bits per heavy atom. The van der Waals surface area contributed by atoms with Crippen molar-refractivity contribution >= 4 is 11.0 Å². The number of para-hydroxylation sites is 3. The highest BCUT2D eigenvalue weighted by Gasteiger charge is 1.88. The number of benzene rings is 2. The van der Waals surface area contributed by atoms with Crippen LogP contribution in [-0.4, -0.2) is 20.6 Å². The van der Waals surface area contributed by atoms with Gasteiger partial charge < -0.3 is 15.6 Å². The number of nitrogens with zero attached hydrogens (tertiary/aromatic N) is 1. The van der Waals surface area contributed by atoms with E-state index in [4.69, 9.17) is 5.11 Å². The first-order valence-electron chi connectivity index (χ1n) is 4.98. The Hall–Kier alpha value is -2.33. The Kier molecular flexibility index (Phi) is 4.72. The van der Waals surface area contributed by atoms with E-state index in [1.54, 1.807) is 30.6 Å². The molecule has 3 aromatic rings. The summed E-state index contributed by atoms with van der Waals surface area (Å²) in [5.41, 5.74) is 2.12. The fourth-order valence-electron chi connectivity index (χ4n) is 1.31. The smallest absolute Gasteiger partial charge is 0.115 e. The molecule has 0 atom stereocenters. The number of hydrogen-bond acceptors (Lipinski definition) is 2. The molecule has 0 spiro atoms. The van der Waals surface area contributed by atoms with Crippen molar-refractivity contribution in [2.24, 2.45) is 0 Å². The Morgan fingerprint density at radius 1 is 0.882 bits per heavy atom. The van der Waals surface area contributed by atoms with Crippen LogP contribution in [0.2, 0.25) is 0 Å². The second-order valence-corrected chi connectivity index (χ2v) is 3.26. The molecule has 0 aliphatic carbocycles. The van der Waals surface area contributed by atoms with Crippen LogP contribution in [0.1, 0.15) is 0 Å². The number of fused-ring (bicyclic) bond motifs is 1. The molecule has 17 heavy (non-hydrogen) atoms. The average Bonchev–Trinajstić information content (AvgIpc) is 2.79. The number of imidazole rings is 1. The third-order valence-electron chi connectivity index (χ3n) is 2.08. The molecule has 0 saturated heterocycles. The standard InChI is InChI=1S/C7H6N2.C6H6O.H2O/c1-2-4-7-6(3-1)8-5-9-7;7-6-4-2-1-3-5-6;/h1-5H,(H,8,9);1-5,7H;1H2. The first kappa shape index (κ1) is 12.7. The predicted molar refractivity (Wildman–Crippen MR) is 67.8 cm³/mol. The van der Waals surface area contributed by atoms with Crippen LogP contribution >= 0.6 is 0 Å². The van der Waals surface area contributed by atoms with Crippen molar-refractivity contribution in [2.75, 3.05) is 0 Å². The second-order valence-electron chi connectivity index (χ2n) is 3.26. The summed E-state index contributed by atoms with van der Waals surface area (Å²) in [4.78, 5) is 7.07. The van der Waals surface area contributed by atoms with E-state index in [1.807, 2.05) is 30.3 Å². The SMILES string of the molecule is O.Oc1ccccc1.c1ccc2[nH]cnc2c1. The summed E-state index contributed by atoms with van der Waals surface area (Å²) in [5.74, 6) is 0.322. The number of aromatic nitrogens is 2. The van der Waals surface area contributed by atoms with Crippen molar-refractivity contribution in [3.8, 4) is 5.75 Å². The lowest BCUT2D eigenvalue weighted by Gasteiger charge is -1.82.